The van der Waals surface area contributed by atoms with Gasteiger partial charge in [0, 0.05) is 33.4 Å². The second kappa shape index (κ2) is 5.86. The zero-order chi connectivity index (χ0) is 10.4. The first-order valence-corrected chi connectivity index (χ1v) is 5.32. The first-order valence-electron chi connectivity index (χ1n) is 5.32. The predicted molar refractivity (Wildman–Crippen MR) is 58.3 cm³/mol. The summed E-state index contributed by atoms with van der Waals surface area (Å²) in [4.78, 5) is 6.22. The minimum atomic E-state index is 0.652. The molecule has 14 heavy (non-hydrogen) atoms. The van der Waals surface area contributed by atoms with E-state index in [4.69, 9.17) is 10.5 Å². The van der Waals surface area contributed by atoms with E-state index in [1.807, 2.05) is 18.9 Å². The quantitative estimate of drug-likeness (QED) is 0.537. The van der Waals surface area contributed by atoms with E-state index in [1.165, 1.54) is 0 Å². The van der Waals surface area contributed by atoms with Crippen LogP contribution in [0.15, 0.2) is 4.99 Å². The Kier molecular flexibility index (Phi) is 4.73. The van der Waals surface area contributed by atoms with Crippen LogP contribution in [0.4, 0.5) is 0 Å². The molecular formula is C10H21N3O. The topological polar surface area (TPSA) is 50.8 Å². The number of aliphatic imine (C=N–C) groups is 1. The molecule has 1 fully saturated rings. The van der Waals surface area contributed by atoms with E-state index >= 15 is 0 Å². The predicted octanol–water partition coefficient (Wildman–Crippen LogP) is 0.679. The molecule has 2 N–H and O–H groups in total. The summed E-state index contributed by atoms with van der Waals surface area (Å²) in [7, 11) is 2.00. The van der Waals surface area contributed by atoms with Gasteiger partial charge in [-0.15, -0.1) is 0 Å². The fourth-order valence-electron chi connectivity index (χ4n) is 1.69. The van der Waals surface area contributed by atoms with Crippen LogP contribution in [0.3, 0.4) is 0 Å². The van der Waals surface area contributed by atoms with Crippen molar-refractivity contribution < 1.29 is 4.74 Å². The van der Waals surface area contributed by atoms with Crippen molar-refractivity contribution in [3.63, 3.8) is 0 Å². The van der Waals surface area contributed by atoms with Gasteiger partial charge in [-0.3, -0.25) is 4.99 Å². The minimum absolute atomic E-state index is 0.652. The third kappa shape index (κ3) is 3.54. The Morgan fingerprint density at radius 2 is 2.14 bits per heavy atom. The Balaban J connectivity index is 2.31. The zero-order valence-electron chi connectivity index (χ0n) is 9.20. The maximum Gasteiger partial charge on any atom is 0.190 e. The van der Waals surface area contributed by atoms with Gasteiger partial charge in [0.25, 0.3) is 0 Å². The van der Waals surface area contributed by atoms with Crippen LogP contribution < -0.4 is 5.73 Å². The molecule has 1 saturated heterocycles. The summed E-state index contributed by atoms with van der Waals surface area (Å²) >= 11 is 0. The Morgan fingerprint density at radius 3 is 2.71 bits per heavy atom. The van der Waals surface area contributed by atoms with E-state index in [-0.39, 0.29) is 0 Å². The molecule has 82 valence electrons. The highest BCUT2D eigenvalue weighted by molar-refractivity contribution is 5.77. The number of nitrogens with two attached hydrogens (primary N) is 1. The van der Waals surface area contributed by atoms with Crippen molar-refractivity contribution in [1.82, 2.24) is 4.90 Å². The molecule has 1 aliphatic heterocycles. The van der Waals surface area contributed by atoms with Gasteiger partial charge in [-0.05, 0) is 25.7 Å². The fraction of sp³-hybridized carbons (Fsp3) is 0.900. The molecule has 0 saturated carbocycles. The summed E-state index contributed by atoms with van der Waals surface area (Å²) in [5, 5.41) is 0. The van der Waals surface area contributed by atoms with Crippen molar-refractivity contribution in [3.8, 4) is 0 Å². The molecule has 0 aromatic heterocycles. The molecule has 0 aliphatic carbocycles. The standard InChI is InChI=1S/C10H21N3O/c1-3-12-10(11)13(2)8-9-4-6-14-7-5-9/h9H,3-8H2,1-2H3,(H2,11,12). The largest absolute Gasteiger partial charge is 0.381 e. The van der Waals surface area contributed by atoms with Gasteiger partial charge in [-0.1, -0.05) is 0 Å². The highest BCUT2D eigenvalue weighted by atomic mass is 16.5. The van der Waals surface area contributed by atoms with Gasteiger partial charge in [0.1, 0.15) is 0 Å². The van der Waals surface area contributed by atoms with Crippen LogP contribution in [0.1, 0.15) is 19.8 Å². The van der Waals surface area contributed by atoms with Crippen molar-refractivity contribution in [1.29, 1.82) is 0 Å². The monoisotopic (exact) mass is 199 g/mol. The van der Waals surface area contributed by atoms with Crippen LogP contribution in [0.25, 0.3) is 0 Å². The highest BCUT2D eigenvalue weighted by Crippen LogP contribution is 2.15. The van der Waals surface area contributed by atoms with Crippen LogP contribution >= 0.6 is 0 Å². The second-order valence-corrected chi connectivity index (χ2v) is 3.77. The van der Waals surface area contributed by atoms with Gasteiger partial charge >= 0.3 is 0 Å². The summed E-state index contributed by atoms with van der Waals surface area (Å²) in [6, 6.07) is 0. The molecule has 0 radical (unpaired) electrons. The Morgan fingerprint density at radius 1 is 1.50 bits per heavy atom. The SMILES string of the molecule is CCN=C(N)N(C)CC1CCOCC1. The van der Waals surface area contributed by atoms with Crippen LogP contribution in [0, 0.1) is 5.92 Å². The second-order valence-electron chi connectivity index (χ2n) is 3.77. The summed E-state index contributed by atoms with van der Waals surface area (Å²) < 4.78 is 5.31. The summed E-state index contributed by atoms with van der Waals surface area (Å²) in [5.41, 5.74) is 5.79. The molecule has 0 bridgehead atoms. The molecule has 0 aromatic rings. The fourth-order valence-corrected chi connectivity index (χ4v) is 1.69. The van der Waals surface area contributed by atoms with Gasteiger partial charge in [0.05, 0.1) is 0 Å². The van der Waals surface area contributed by atoms with E-state index in [0.29, 0.717) is 11.9 Å². The van der Waals surface area contributed by atoms with Gasteiger partial charge in [0.2, 0.25) is 0 Å². The number of hydrogen-bond donors (Lipinski definition) is 1. The lowest BCUT2D eigenvalue weighted by Gasteiger charge is -2.27. The van der Waals surface area contributed by atoms with Crippen LogP contribution in [-0.2, 0) is 4.74 Å². The lowest BCUT2D eigenvalue weighted by Crippen LogP contribution is -2.38. The Bertz CT molecular complexity index is 188. The maximum absolute atomic E-state index is 5.79. The molecule has 1 aliphatic rings. The van der Waals surface area contributed by atoms with E-state index in [9.17, 15) is 0 Å². The molecule has 1 rings (SSSR count). The van der Waals surface area contributed by atoms with E-state index in [0.717, 1.165) is 39.1 Å². The normalized spacial score (nSPS) is 19.7. The van der Waals surface area contributed by atoms with Crippen molar-refractivity contribution in [3.05, 3.63) is 0 Å². The smallest absolute Gasteiger partial charge is 0.190 e. The van der Waals surface area contributed by atoms with Gasteiger partial charge in [0.15, 0.2) is 5.96 Å². The molecule has 0 amide bonds. The third-order valence-electron chi connectivity index (χ3n) is 2.58. The first-order chi connectivity index (χ1) is 6.74. The number of nitrogens with zero attached hydrogens (tertiary/aromatic N) is 2. The lowest BCUT2D eigenvalue weighted by atomic mass is 10.00. The molecule has 0 unspecified atom stereocenters. The summed E-state index contributed by atoms with van der Waals surface area (Å²) in [6.45, 7) is 5.53. The molecule has 0 aromatic carbocycles. The average Bonchev–Trinajstić information content (AvgIpc) is 2.19. The molecule has 1 heterocycles. The maximum atomic E-state index is 5.79. The Hall–Kier alpha value is -0.770. The van der Waals surface area contributed by atoms with E-state index < -0.39 is 0 Å². The summed E-state index contributed by atoms with van der Waals surface area (Å²) in [5.74, 6) is 1.36. The Labute approximate surface area is 86.1 Å². The highest BCUT2D eigenvalue weighted by Gasteiger charge is 2.16. The number of rotatable bonds is 3. The number of ether oxygens (including phenoxy) is 1. The molecular weight excluding hydrogens is 178 g/mol. The average molecular weight is 199 g/mol. The molecule has 4 nitrogen and oxygen atoms in total. The van der Waals surface area contributed by atoms with Crippen LogP contribution in [0.5, 0.6) is 0 Å². The van der Waals surface area contributed by atoms with Crippen LogP contribution in [0.2, 0.25) is 0 Å². The van der Waals surface area contributed by atoms with Crippen molar-refractivity contribution in [2.45, 2.75) is 19.8 Å². The van der Waals surface area contributed by atoms with E-state index in [1.54, 1.807) is 0 Å². The van der Waals surface area contributed by atoms with Gasteiger partial charge < -0.3 is 15.4 Å². The van der Waals surface area contributed by atoms with Crippen molar-refractivity contribution >= 4 is 5.96 Å². The molecule has 0 spiro atoms. The van der Waals surface area contributed by atoms with Gasteiger partial charge in [-0.2, -0.15) is 0 Å². The zero-order valence-corrected chi connectivity index (χ0v) is 9.20. The van der Waals surface area contributed by atoms with Crippen molar-refractivity contribution in [2.24, 2.45) is 16.6 Å². The summed E-state index contributed by atoms with van der Waals surface area (Å²) in [6.07, 6.45) is 2.29. The van der Waals surface area contributed by atoms with Gasteiger partial charge in [-0.25, -0.2) is 0 Å². The lowest BCUT2D eigenvalue weighted by molar-refractivity contribution is 0.0611. The van der Waals surface area contributed by atoms with Crippen molar-refractivity contribution in [2.75, 3.05) is 33.4 Å². The molecule has 0 atom stereocenters. The van der Waals surface area contributed by atoms with Crippen LogP contribution in [-0.4, -0.2) is 44.2 Å². The first kappa shape index (κ1) is 11.3. The minimum Gasteiger partial charge on any atom is -0.381 e. The number of hydrogen-bond acceptors (Lipinski definition) is 2. The number of guanidine groups is 1. The third-order valence-corrected chi connectivity index (χ3v) is 2.58. The molecule has 4 heteroatoms. The van der Waals surface area contributed by atoms with E-state index in [2.05, 4.69) is 4.99 Å².